The number of hydrogen-bond donors (Lipinski definition) is 1. The molecule has 2 aromatic rings. The fraction of sp³-hybridized carbons (Fsp3) is 0.407. The third kappa shape index (κ3) is 4.44. The van der Waals surface area contributed by atoms with Gasteiger partial charge in [0.25, 0.3) is 0 Å². The van der Waals surface area contributed by atoms with E-state index in [0.717, 1.165) is 29.5 Å². The maximum atomic E-state index is 13.2. The lowest BCUT2D eigenvalue weighted by Crippen LogP contribution is -2.59. The van der Waals surface area contributed by atoms with Gasteiger partial charge in [0, 0.05) is 13.1 Å². The minimum atomic E-state index is -5.08. The van der Waals surface area contributed by atoms with Crippen LogP contribution in [0.15, 0.2) is 54.6 Å². The highest BCUT2D eigenvalue weighted by molar-refractivity contribution is 6.09. The highest BCUT2D eigenvalue weighted by atomic mass is 19.4. The number of esters is 1. The molecule has 8 nitrogen and oxygen atoms in total. The van der Waals surface area contributed by atoms with E-state index in [9.17, 15) is 27.6 Å². The second-order valence-corrected chi connectivity index (χ2v) is 9.54. The third-order valence-electron chi connectivity index (χ3n) is 7.62. The number of fused-ring (bicyclic) bond motifs is 3. The number of imide groups is 1. The highest BCUT2D eigenvalue weighted by Gasteiger charge is 2.72. The molecular formula is C27H27F3N2O6. The van der Waals surface area contributed by atoms with E-state index in [1.54, 1.807) is 0 Å². The van der Waals surface area contributed by atoms with Crippen LogP contribution in [-0.4, -0.2) is 71.1 Å². The lowest BCUT2D eigenvalue weighted by molar-refractivity contribution is -0.192. The van der Waals surface area contributed by atoms with E-state index in [1.165, 1.54) is 19.1 Å². The van der Waals surface area contributed by atoms with Gasteiger partial charge in [0.05, 0.1) is 18.9 Å². The zero-order valence-electron chi connectivity index (χ0n) is 20.8. The molecule has 4 atom stereocenters. The number of carbonyl (C=O) groups is 4. The Hall–Kier alpha value is -3.73. The van der Waals surface area contributed by atoms with Gasteiger partial charge < -0.3 is 9.84 Å². The number of hydrogen-bond acceptors (Lipinski definition) is 6. The Labute approximate surface area is 217 Å². The fourth-order valence-corrected chi connectivity index (χ4v) is 6.00. The van der Waals surface area contributed by atoms with Crippen LogP contribution in [0.25, 0.3) is 11.1 Å². The molecule has 3 aliphatic heterocycles. The van der Waals surface area contributed by atoms with Gasteiger partial charge in [-0.3, -0.25) is 24.2 Å². The monoisotopic (exact) mass is 532 g/mol. The number of likely N-dealkylation sites (tertiary alicyclic amines) is 1. The highest BCUT2D eigenvalue weighted by Crippen LogP contribution is 2.58. The summed E-state index contributed by atoms with van der Waals surface area (Å²) < 4.78 is 37.0. The van der Waals surface area contributed by atoms with Crippen molar-refractivity contribution in [1.82, 2.24) is 9.80 Å². The largest absolute Gasteiger partial charge is 0.490 e. The van der Waals surface area contributed by atoms with Crippen LogP contribution in [0.1, 0.15) is 30.9 Å². The molecule has 0 unspecified atom stereocenters. The van der Waals surface area contributed by atoms with Crippen molar-refractivity contribution >= 4 is 23.8 Å². The maximum absolute atomic E-state index is 13.2. The summed E-state index contributed by atoms with van der Waals surface area (Å²) in [6.45, 7) is 0.664. The number of benzene rings is 2. The Bertz CT molecular complexity index is 1230. The van der Waals surface area contributed by atoms with E-state index in [-0.39, 0.29) is 17.9 Å². The first-order valence-electron chi connectivity index (χ1n) is 12.1. The molecule has 38 heavy (non-hydrogen) atoms. The number of alkyl halides is 3. The smallest absolute Gasteiger partial charge is 0.475 e. The number of amides is 2. The number of ether oxygens (including phenoxy) is 1. The molecule has 0 bridgehead atoms. The van der Waals surface area contributed by atoms with Crippen LogP contribution in [0.4, 0.5) is 13.2 Å². The van der Waals surface area contributed by atoms with Crippen LogP contribution < -0.4 is 0 Å². The van der Waals surface area contributed by atoms with Gasteiger partial charge in [-0.25, -0.2) is 4.79 Å². The second-order valence-electron chi connectivity index (χ2n) is 9.54. The van der Waals surface area contributed by atoms with E-state index >= 15 is 0 Å². The molecule has 0 radical (unpaired) electrons. The Morgan fingerprint density at radius 2 is 1.55 bits per heavy atom. The zero-order valence-corrected chi connectivity index (χ0v) is 20.8. The van der Waals surface area contributed by atoms with Crippen LogP contribution >= 0.6 is 0 Å². The number of carbonyl (C=O) groups excluding carboxylic acids is 3. The van der Waals surface area contributed by atoms with Crippen molar-refractivity contribution in [2.45, 2.75) is 37.0 Å². The molecule has 0 aromatic heterocycles. The maximum Gasteiger partial charge on any atom is 0.490 e. The average Bonchev–Trinajstić information content (AvgIpc) is 3.34. The van der Waals surface area contributed by atoms with Gasteiger partial charge in [0.15, 0.2) is 0 Å². The van der Waals surface area contributed by atoms with Gasteiger partial charge in [-0.2, -0.15) is 13.2 Å². The number of carboxylic acids is 1. The van der Waals surface area contributed by atoms with Crippen molar-refractivity contribution in [3.05, 3.63) is 60.2 Å². The van der Waals surface area contributed by atoms with Gasteiger partial charge in [-0.1, -0.05) is 54.6 Å². The molecule has 5 rings (SSSR count). The van der Waals surface area contributed by atoms with Gasteiger partial charge in [0.2, 0.25) is 11.8 Å². The summed E-state index contributed by atoms with van der Waals surface area (Å²) in [4.78, 5) is 51.7. The zero-order chi connectivity index (χ0) is 27.8. The molecule has 0 saturated carbocycles. The molecule has 0 aliphatic carbocycles. The molecule has 11 heteroatoms. The summed E-state index contributed by atoms with van der Waals surface area (Å²) in [5, 5.41) is 7.12. The number of piperidine rings is 1. The summed E-state index contributed by atoms with van der Waals surface area (Å²) in [5.41, 5.74) is 2.09. The number of carboxylic acid groups (broad SMARTS) is 1. The number of rotatable bonds is 3. The minimum Gasteiger partial charge on any atom is -0.475 e. The van der Waals surface area contributed by atoms with Crippen molar-refractivity contribution in [1.29, 1.82) is 0 Å². The van der Waals surface area contributed by atoms with E-state index in [1.807, 2.05) is 42.5 Å². The van der Waals surface area contributed by atoms with Gasteiger partial charge >= 0.3 is 18.1 Å². The number of methoxy groups -OCH3 is 1. The minimum absolute atomic E-state index is 0.204. The molecule has 1 N–H and O–H groups in total. The first kappa shape index (κ1) is 27.3. The number of halogens is 3. The SMILES string of the molecule is COC(=O)[C@@]12CCCCN1[C@H](c1ccc(-c3ccccc3)cc1)[C@@H]1C(=O)N(C)C(=O)[C@@H]12.O=C(O)C(F)(F)F. The van der Waals surface area contributed by atoms with E-state index in [4.69, 9.17) is 14.6 Å². The van der Waals surface area contributed by atoms with Crippen LogP contribution in [0, 0.1) is 11.8 Å². The molecular weight excluding hydrogens is 505 g/mol. The lowest BCUT2D eigenvalue weighted by atomic mass is 9.75. The van der Waals surface area contributed by atoms with Crippen molar-refractivity contribution < 1.29 is 42.2 Å². The number of aliphatic carboxylic acids is 1. The van der Waals surface area contributed by atoms with E-state index < -0.39 is 35.5 Å². The predicted octanol–water partition coefficient (Wildman–Crippen LogP) is 3.67. The third-order valence-corrected chi connectivity index (χ3v) is 7.62. The standard InChI is InChI=1S/C25H26N2O4.C2HF3O2/c1-26-22(28)19-20(23(26)29)25(24(30)31-2)14-6-7-15-27(25)21(19)18-12-10-17(11-13-18)16-8-4-3-5-9-16;3-2(4,5)1(6)7/h3-5,8-13,19-21H,6-7,14-15H2,1-2H3;(H,6,7)/t19-,20-,21-,25+;/m1./s1. The van der Waals surface area contributed by atoms with Crippen molar-refractivity contribution in [3.63, 3.8) is 0 Å². The summed E-state index contributed by atoms with van der Waals surface area (Å²) >= 11 is 0. The van der Waals surface area contributed by atoms with Crippen LogP contribution in [0.2, 0.25) is 0 Å². The Balaban J connectivity index is 0.000000426. The molecule has 3 fully saturated rings. The van der Waals surface area contributed by atoms with Crippen molar-refractivity contribution in [3.8, 4) is 11.1 Å². The van der Waals surface area contributed by atoms with Crippen LogP contribution in [0.5, 0.6) is 0 Å². The first-order chi connectivity index (χ1) is 17.9. The first-order valence-corrected chi connectivity index (χ1v) is 12.1. The van der Waals surface area contributed by atoms with Crippen molar-refractivity contribution in [2.75, 3.05) is 20.7 Å². The molecule has 2 aromatic carbocycles. The summed E-state index contributed by atoms with van der Waals surface area (Å²) in [6.07, 6.45) is -2.79. The van der Waals surface area contributed by atoms with Gasteiger partial charge in [-0.15, -0.1) is 0 Å². The van der Waals surface area contributed by atoms with Crippen molar-refractivity contribution in [2.24, 2.45) is 11.8 Å². The fourth-order valence-electron chi connectivity index (χ4n) is 6.00. The normalized spacial score (nSPS) is 26.8. The summed E-state index contributed by atoms with van der Waals surface area (Å²) in [7, 11) is 2.89. The topological polar surface area (TPSA) is 104 Å². The summed E-state index contributed by atoms with van der Waals surface area (Å²) in [5.74, 6) is -4.90. The molecule has 3 aliphatic rings. The van der Waals surface area contributed by atoms with Gasteiger partial charge in [-0.05, 0) is 42.5 Å². The average molecular weight is 533 g/mol. The quantitative estimate of drug-likeness (QED) is 0.475. The number of nitrogens with zero attached hydrogens (tertiary/aromatic N) is 2. The van der Waals surface area contributed by atoms with Gasteiger partial charge in [0.1, 0.15) is 5.54 Å². The molecule has 0 spiro atoms. The second kappa shape index (κ2) is 10.2. The summed E-state index contributed by atoms with van der Waals surface area (Å²) in [6, 6.07) is 17.9. The predicted molar refractivity (Wildman–Crippen MR) is 128 cm³/mol. The molecule has 3 heterocycles. The Morgan fingerprint density at radius 1 is 0.974 bits per heavy atom. The molecule has 202 valence electrons. The lowest BCUT2D eigenvalue weighted by Gasteiger charge is -2.44. The van der Waals surface area contributed by atoms with E-state index in [0.29, 0.717) is 13.0 Å². The molecule has 2 amide bonds. The van der Waals surface area contributed by atoms with E-state index in [2.05, 4.69) is 17.0 Å². The van der Waals surface area contributed by atoms with Crippen LogP contribution in [0.3, 0.4) is 0 Å². The molecule has 3 saturated heterocycles. The Morgan fingerprint density at radius 3 is 2.11 bits per heavy atom. The Kier molecular flexibility index (Phi) is 7.33. The van der Waals surface area contributed by atoms with Crippen LogP contribution in [-0.2, 0) is 23.9 Å².